The van der Waals surface area contributed by atoms with Crippen molar-refractivity contribution in [2.75, 3.05) is 13.1 Å². The standard InChI is InChI=1S/C16H19N3O2.C7H8/c1-2-18-10-9-12-3-6-14(7-4-12)21-15-8-5-13(11-19-15)16(17)20;1-7-5-3-2-4-6-7/h3-8,11,18H,2,9-10H2,1H3,(H2,17,20);2-6H,1H3. The highest BCUT2D eigenvalue weighted by Gasteiger charge is 2.03. The van der Waals surface area contributed by atoms with Gasteiger partial charge >= 0.3 is 0 Å². The molecular formula is C23H27N3O2. The maximum Gasteiger partial charge on any atom is 0.250 e. The van der Waals surface area contributed by atoms with Crippen LogP contribution in [0.25, 0.3) is 0 Å². The van der Waals surface area contributed by atoms with Gasteiger partial charge in [0.15, 0.2) is 0 Å². The minimum absolute atomic E-state index is 0.362. The third kappa shape index (κ3) is 7.60. The number of aryl methyl sites for hydroxylation is 1. The summed E-state index contributed by atoms with van der Waals surface area (Å²) >= 11 is 0. The molecule has 5 nitrogen and oxygen atoms in total. The summed E-state index contributed by atoms with van der Waals surface area (Å²) in [5.74, 6) is 0.640. The number of rotatable bonds is 7. The lowest BCUT2D eigenvalue weighted by Crippen LogP contribution is -2.15. The zero-order valence-corrected chi connectivity index (χ0v) is 16.4. The number of benzene rings is 2. The number of hydrogen-bond donors (Lipinski definition) is 2. The van der Waals surface area contributed by atoms with E-state index in [4.69, 9.17) is 10.5 Å². The molecule has 0 aliphatic rings. The van der Waals surface area contributed by atoms with Crippen LogP contribution in [-0.4, -0.2) is 24.0 Å². The van der Waals surface area contributed by atoms with Crippen LogP contribution in [-0.2, 0) is 6.42 Å². The molecule has 0 saturated carbocycles. The number of ether oxygens (including phenoxy) is 1. The van der Waals surface area contributed by atoms with Crippen molar-refractivity contribution in [2.24, 2.45) is 5.73 Å². The molecule has 0 atom stereocenters. The van der Waals surface area contributed by atoms with E-state index in [1.54, 1.807) is 12.1 Å². The first-order valence-electron chi connectivity index (χ1n) is 9.33. The minimum Gasteiger partial charge on any atom is -0.439 e. The van der Waals surface area contributed by atoms with Crippen molar-refractivity contribution in [3.63, 3.8) is 0 Å². The summed E-state index contributed by atoms with van der Waals surface area (Å²) in [6.07, 6.45) is 2.39. The molecule has 0 unspecified atom stereocenters. The quantitative estimate of drug-likeness (QED) is 0.607. The fourth-order valence-corrected chi connectivity index (χ4v) is 2.38. The number of amides is 1. The van der Waals surface area contributed by atoms with E-state index in [9.17, 15) is 4.79 Å². The van der Waals surface area contributed by atoms with E-state index in [1.807, 2.05) is 42.5 Å². The molecule has 28 heavy (non-hydrogen) atoms. The van der Waals surface area contributed by atoms with Crippen LogP contribution in [0.1, 0.15) is 28.4 Å². The van der Waals surface area contributed by atoms with Crippen LogP contribution in [0.5, 0.6) is 11.6 Å². The molecule has 1 amide bonds. The fourth-order valence-electron chi connectivity index (χ4n) is 2.38. The molecule has 0 aliphatic carbocycles. The van der Waals surface area contributed by atoms with Gasteiger partial charge in [-0.1, -0.05) is 55.0 Å². The highest BCUT2D eigenvalue weighted by molar-refractivity contribution is 5.92. The van der Waals surface area contributed by atoms with Gasteiger partial charge < -0.3 is 15.8 Å². The van der Waals surface area contributed by atoms with Gasteiger partial charge in [-0.15, -0.1) is 0 Å². The Morgan fingerprint density at radius 1 is 1.04 bits per heavy atom. The number of carbonyl (C=O) groups excluding carboxylic acids is 1. The van der Waals surface area contributed by atoms with Gasteiger partial charge in [0.05, 0.1) is 5.56 Å². The summed E-state index contributed by atoms with van der Waals surface area (Å²) in [5, 5.41) is 3.29. The van der Waals surface area contributed by atoms with Crippen molar-refractivity contribution in [1.82, 2.24) is 10.3 Å². The highest BCUT2D eigenvalue weighted by Crippen LogP contribution is 2.20. The van der Waals surface area contributed by atoms with Gasteiger partial charge in [-0.05, 0) is 50.2 Å². The lowest BCUT2D eigenvalue weighted by molar-refractivity contribution is 0.1000. The van der Waals surface area contributed by atoms with Gasteiger partial charge in [0.25, 0.3) is 0 Å². The van der Waals surface area contributed by atoms with Crippen molar-refractivity contribution >= 4 is 5.91 Å². The van der Waals surface area contributed by atoms with Crippen LogP contribution in [0, 0.1) is 6.92 Å². The normalized spacial score (nSPS) is 9.93. The van der Waals surface area contributed by atoms with E-state index >= 15 is 0 Å². The number of primary amides is 1. The van der Waals surface area contributed by atoms with E-state index in [2.05, 4.69) is 36.3 Å². The number of hydrogen-bond acceptors (Lipinski definition) is 4. The summed E-state index contributed by atoms with van der Waals surface area (Å²) in [5.41, 5.74) is 8.09. The molecule has 0 spiro atoms. The average Bonchev–Trinajstić information content (AvgIpc) is 2.71. The van der Waals surface area contributed by atoms with Gasteiger partial charge in [-0.2, -0.15) is 0 Å². The number of nitrogens with one attached hydrogen (secondary N) is 1. The Bertz CT molecular complexity index is 832. The molecule has 2 aromatic carbocycles. The van der Waals surface area contributed by atoms with Crippen molar-refractivity contribution in [1.29, 1.82) is 0 Å². The number of nitrogens with zero attached hydrogens (tertiary/aromatic N) is 1. The predicted octanol–water partition coefficient (Wildman–Crippen LogP) is 4.12. The smallest absolute Gasteiger partial charge is 0.250 e. The van der Waals surface area contributed by atoms with Crippen molar-refractivity contribution in [2.45, 2.75) is 20.3 Å². The Balaban J connectivity index is 0.000000336. The topological polar surface area (TPSA) is 77.2 Å². The monoisotopic (exact) mass is 377 g/mol. The predicted molar refractivity (Wildman–Crippen MR) is 113 cm³/mol. The van der Waals surface area contributed by atoms with Crippen LogP contribution in [0.15, 0.2) is 72.9 Å². The van der Waals surface area contributed by atoms with Crippen LogP contribution in [0.4, 0.5) is 0 Å². The number of nitrogens with two attached hydrogens (primary N) is 1. The maximum absolute atomic E-state index is 11.0. The molecule has 146 valence electrons. The number of pyridine rings is 1. The first-order chi connectivity index (χ1) is 13.6. The molecule has 3 aromatic rings. The summed E-state index contributed by atoms with van der Waals surface area (Å²) in [6, 6.07) is 21.4. The fraction of sp³-hybridized carbons (Fsp3) is 0.217. The molecule has 5 heteroatoms. The van der Waals surface area contributed by atoms with Gasteiger partial charge in [-0.25, -0.2) is 4.98 Å². The Labute approximate surface area is 166 Å². The Morgan fingerprint density at radius 2 is 1.75 bits per heavy atom. The molecule has 0 fully saturated rings. The van der Waals surface area contributed by atoms with Gasteiger partial charge in [0.2, 0.25) is 11.8 Å². The van der Waals surface area contributed by atoms with Crippen LogP contribution in [0.3, 0.4) is 0 Å². The molecule has 0 radical (unpaired) electrons. The van der Waals surface area contributed by atoms with Crippen LogP contribution < -0.4 is 15.8 Å². The van der Waals surface area contributed by atoms with E-state index in [0.717, 1.165) is 19.5 Å². The second-order valence-electron chi connectivity index (χ2n) is 6.25. The van der Waals surface area contributed by atoms with Crippen LogP contribution >= 0.6 is 0 Å². The molecule has 3 N–H and O–H groups in total. The second kappa shape index (κ2) is 11.5. The van der Waals surface area contributed by atoms with Crippen molar-refractivity contribution in [3.8, 4) is 11.6 Å². The Kier molecular flexibility index (Phi) is 8.69. The average molecular weight is 377 g/mol. The third-order valence-electron chi connectivity index (χ3n) is 3.95. The highest BCUT2D eigenvalue weighted by atomic mass is 16.5. The van der Waals surface area contributed by atoms with E-state index in [-0.39, 0.29) is 0 Å². The molecule has 0 bridgehead atoms. The first-order valence-corrected chi connectivity index (χ1v) is 9.33. The van der Waals surface area contributed by atoms with Crippen LogP contribution in [0.2, 0.25) is 0 Å². The molecule has 3 rings (SSSR count). The molecule has 1 aromatic heterocycles. The maximum atomic E-state index is 11.0. The minimum atomic E-state index is -0.501. The molecule has 0 aliphatic heterocycles. The molecule has 1 heterocycles. The summed E-state index contributed by atoms with van der Waals surface area (Å²) < 4.78 is 5.61. The zero-order valence-electron chi connectivity index (χ0n) is 16.4. The van der Waals surface area contributed by atoms with E-state index in [0.29, 0.717) is 17.2 Å². The summed E-state index contributed by atoms with van der Waals surface area (Å²) in [7, 11) is 0. The first kappa shape index (κ1) is 21.1. The third-order valence-corrected chi connectivity index (χ3v) is 3.95. The van der Waals surface area contributed by atoms with Crippen molar-refractivity contribution in [3.05, 3.63) is 89.6 Å². The number of likely N-dealkylation sites (N-methyl/N-ethyl adjacent to an activating group) is 1. The largest absolute Gasteiger partial charge is 0.439 e. The number of aromatic nitrogens is 1. The molecular weight excluding hydrogens is 350 g/mol. The Hall–Kier alpha value is -3.18. The second-order valence-corrected chi connectivity index (χ2v) is 6.25. The van der Waals surface area contributed by atoms with E-state index < -0.39 is 5.91 Å². The molecule has 0 saturated heterocycles. The summed E-state index contributed by atoms with van der Waals surface area (Å²) in [4.78, 5) is 15.0. The zero-order chi connectivity index (χ0) is 20.2. The SMILES string of the molecule is CCNCCc1ccc(Oc2ccc(C(N)=O)cn2)cc1.Cc1ccccc1. The Morgan fingerprint density at radius 3 is 2.25 bits per heavy atom. The summed E-state index contributed by atoms with van der Waals surface area (Å²) in [6.45, 7) is 6.12. The lowest BCUT2D eigenvalue weighted by Gasteiger charge is -2.06. The van der Waals surface area contributed by atoms with Gasteiger partial charge in [0, 0.05) is 12.3 Å². The van der Waals surface area contributed by atoms with Gasteiger partial charge in [0.1, 0.15) is 5.75 Å². The van der Waals surface area contributed by atoms with E-state index in [1.165, 1.54) is 17.3 Å². The number of carbonyl (C=O) groups is 1. The van der Waals surface area contributed by atoms with Crippen molar-refractivity contribution < 1.29 is 9.53 Å². The lowest BCUT2D eigenvalue weighted by atomic mass is 10.1. The van der Waals surface area contributed by atoms with Gasteiger partial charge in [-0.3, -0.25) is 4.79 Å².